The van der Waals surface area contributed by atoms with Gasteiger partial charge in [0.15, 0.2) is 25.4 Å². The van der Waals surface area contributed by atoms with Crippen molar-refractivity contribution in [1.29, 1.82) is 0 Å². The van der Waals surface area contributed by atoms with Gasteiger partial charge < -0.3 is 15.6 Å². The van der Waals surface area contributed by atoms with Crippen molar-refractivity contribution in [3.63, 3.8) is 0 Å². The Hall–Kier alpha value is -4.80. The van der Waals surface area contributed by atoms with Crippen molar-refractivity contribution < 1.29 is 86.9 Å². The van der Waals surface area contributed by atoms with E-state index in [0.717, 1.165) is 49.6 Å². The summed E-state index contributed by atoms with van der Waals surface area (Å²) in [7, 11) is -28.2. The van der Waals surface area contributed by atoms with Gasteiger partial charge in [0.2, 0.25) is 0 Å². The molecular formula is C27H27N5O20S6. The number of fused-ring (bicyclic) bond motifs is 1. The predicted octanol–water partition coefficient (Wildman–Crippen LogP) is 2.65. The SMILES string of the molecule is COc1ccc(S(=O)(=O)CCOS(=O)(=O)O)cc1/N=N/c1c(S(=O)(=O)O)cc2cc(S(=O)(=O)O)c(/N=N/c3cccc(S(=O)(=O)CCOS(=O)(=O)O)c3)c(O)c2c1N. The highest BCUT2D eigenvalue weighted by atomic mass is 32.3. The van der Waals surface area contributed by atoms with E-state index in [9.17, 15) is 64.7 Å². The number of benzene rings is 4. The van der Waals surface area contributed by atoms with Crippen LogP contribution in [0.2, 0.25) is 0 Å². The highest BCUT2D eigenvalue weighted by Gasteiger charge is 2.28. The average Bonchev–Trinajstić information content (AvgIpc) is 3.08. The fourth-order valence-corrected chi connectivity index (χ4v) is 9.09. The van der Waals surface area contributed by atoms with Gasteiger partial charge in [0.1, 0.15) is 32.6 Å². The number of nitrogens with two attached hydrogens (primary N) is 1. The normalized spacial score (nSPS) is 13.5. The molecule has 0 aliphatic heterocycles. The maximum Gasteiger partial charge on any atom is 0.397 e. The van der Waals surface area contributed by atoms with Crippen LogP contribution in [0.3, 0.4) is 0 Å². The lowest BCUT2D eigenvalue weighted by molar-refractivity contribution is 0.282. The first kappa shape index (κ1) is 45.9. The van der Waals surface area contributed by atoms with E-state index in [-0.39, 0.29) is 11.4 Å². The van der Waals surface area contributed by atoms with Crippen LogP contribution in [0, 0.1) is 0 Å². The summed E-state index contributed by atoms with van der Waals surface area (Å²) in [5.74, 6) is -3.29. The molecule has 58 heavy (non-hydrogen) atoms. The largest absolute Gasteiger partial charge is 0.505 e. The highest BCUT2D eigenvalue weighted by Crippen LogP contribution is 2.48. The molecule has 0 spiro atoms. The molecule has 0 amide bonds. The Kier molecular flexibility index (Phi) is 13.3. The van der Waals surface area contributed by atoms with Crippen LogP contribution >= 0.6 is 0 Å². The Bertz CT molecular complexity index is 3050. The maximum absolute atomic E-state index is 12.8. The number of azo groups is 2. The standard InChI is InChI=1S/C27H27N5O20S6/c1-50-20-6-5-18(54(36,37)10-8-52-58(47,48)49)14-19(20)30-31-25-21(55(38,39)40)11-15-12-22(56(41,42)43)26(27(33)23(15)24(25)28)32-29-16-3-2-4-17(13-16)53(34,35)9-7-51-57(44,45)46/h2-6,11-14,33H,7-10,28H2,1H3,(H,38,39,40)(H,41,42,43)(H,44,45,46)(H,47,48,49)/b31-30+,32-29+. The second-order valence-corrected chi connectivity index (χ2v) is 20.3. The molecule has 4 rings (SSSR count). The minimum Gasteiger partial charge on any atom is -0.505 e. The molecular weight excluding hydrogens is 907 g/mol. The van der Waals surface area contributed by atoms with Gasteiger partial charge in [-0.2, -0.15) is 38.8 Å². The van der Waals surface area contributed by atoms with Crippen LogP contribution in [-0.4, -0.2) is 106 Å². The maximum atomic E-state index is 12.8. The number of ether oxygens (including phenoxy) is 1. The van der Waals surface area contributed by atoms with Gasteiger partial charge in [-0.1, -0.05) is 6.07 Å². The summed E-state index contributed by atoms with van der Waals surface area (Å²) >= 11 is 0. The van der Waals surface area contributed by atoms with Crippen LogP contribution in [0.1, 0.15) is 0 Å². The monoisotopic (exact) mass is 933 g/mol. The molecule has 0 aliphatic rings. The Balaban J connectivity index is 1.88. The van der Waals surface area contributed by atoms with Gasteiger partial charge in [0.05, 0.1) is 58.4 Å². The van der Waals surface area contributed by atoms with E-state index in [1.807, 2.05) is 0 Å². The second-order valence-electron chi connectivity index (χ2n) is 11.1. The van der Waals surface area contributed by atoms with Crippen LogP contribution in [0.5, 0.6) is 11.5 Å². The third-order valence-corrected chi connectivity index (χ3v) is 13.3. The van der Waals surface area contributed by atoms with Crippen LogP contribution in [0.25, 0.3) is 10.8 Å². The lowest BCUT2D eigenvalue weighted by Crippen LogP contribution is -2.15. The van der Waals surface area contributed by atoms with E-state index in [0.29, 0.717) is 12.1 Å². The molecule has 0 aromatic heterocycles. The van der Waals surface area contributed by atoms with Crippen LogP contribution in [0.15, 0.2) is 94.6 Å². The minimum absolute atomic E-state index is 0.184. The number of hydrogen-bond donors (Lipinski definition) is 6. The predicted molar refractivity (Wildman–Crippen MR) is 197 cm³/mol. The van der Waals surface area contributed by atoms with Crippen molar-refractivity contribution in [3.05, 3.63) is 54.6 Å². The molecule has 0 saturated carbocycles. The van der Waals surface area contributed by atoms with Crippen LogP contribution < -0.4 is 10.5 Å². The topological polar surface area (TPSA) is 409 Å². The number of phenols is 1. The zero-order valence-corrected chi connectivity index (χ0v) is 33.6. The molecule has 0 saturated heterocycles. The number of methoxy groups -OCH3 is 1. The van der Waals surface area contributed by atoms with Gasteiger partial charge >= 0.3 is 20.8 Å². The number of aromatic hydroxyl groups is 1. The lowest BCUT2D eigenvalue weighted by Gasteiger charge is -2.14. The van der Waals surface area contributed by atoms with Crippen LogP contribution in [-0.2, 0) is 69.1 Å². The molecule has 25 nitrogen and oxygen atoms in total. The Morgan fingerprint density at radius 1 is 0.621 bits per heavy atom. The average molecular weight is 934 g/mol. The first-order chi connectivity index (χ1) is 26.5. The smallest absolute Gasteiger partial charge is 0.397 e. The summed E-state index contributed by atoms with van der Waals surface area (Å²) in [5.41, 5.74) is 2.62. The van der Waals surface area contributed by atoms with Crippen molar-refractivity contribution >= 4 is 99.9 Å². The molecule has 0 atom stereocenters. The second kappa shape index (κ2) is 16.8. The summed E-state index contributed by atoms with van der Waals surface area (Å²) in [6.07, 6.45) is 0. The number of anilines is 1. The number of hydrogen-bond acceptors (Lipinski definition) is 21. The molecule has 0 bridgehead atoms. The van der Waals surface area contributed by atoms with E-state index in [4.69, 9.17) is 19.6 Å². The van der Waals surface area contributed by atoms with E-state index < -0.39 is 144 Å². The van der Waals surface area contributed by atoms with Crippen molar-refractivity contribution in [3.8, 4) is 11.5 Å². The fraction of sp³-hybridized carbons (Fsp3) is 0.185. The van der Waals surface area contributed by atoms with E-state index in [2.05, 4.69) is 28.8 Å². The zero-order chi connectivity index (χ0) is 43.6. The first-order valence-electron chi connectivity index (χ1n) is 14.9. The number of nitrogens with zero attached hydrogens (tertiary/aromatic N) is 4. The zero-order valence-electron chi connectivity index (χ0n) is 28.7. The number of nitrogen functional groups attached to an aromatic ring is 1. The molecule has 4 aromatic rings. The summed E-state index contributed by atoms with van der Waals surface area (Å²) in [6.45, 7) is -1.97. The molecule has 31 heteroatoms. The van der Waals surface area contributed by atoms with Crippen molar-refractivity contribution in [2.45, 2.75) is 19.6 Å². The van der Waals surface area contributed by atoms with Gasteiger partial charge in [0.25, 0.3) is 20.2 Å². The van der Waals surface area contributed by atoms with Gasteiger partial charge in [-0.25, -0.2) is 25.2 Å². The van der Waals surface area contributed by atoms with E-state index >= 15 is 0 Å². The summed E-state index contributed by atoms with van der Waals surface area (Å²) in [6, 6.07) is 8.28. The number of rotatable bonds is 17. The van der Waals surface area contributed by atoms with E-state index in [1.165, 1.54) is 0 Å². The lowest BCUT2D eigenvalue weighted by atomic mass is 10.1. The molecule has 0 unspecified atom stereocenters. The third kappa shape index (κ3) is 11.4. The molecule has 0 aliphatic carbocycles. The molecule has 4 aromatic carbocycles. The van der Waals surface area contributed by atoms with Gasteiger partial charge in [-0.3, -0.25) is 18.2 Å². The van der Waals surface area contributed by atoms with Crippen molar-refractivity contribution in [2.24, 2.45) is 20.5 Å². The summed E-state index contributed by atoms with van der Waals surface area (Å²) < 4.78 is 195. The van der Waals surface area contributed by atoms with Gasteiger partial charge in [0, 0.05) is 0 Å². The number of sulfone groups is 2. The number of phenolic OH excluding ortho intramolecular Hbond substituents is 1. The summed E-state index contributed by atoms with van der Waals surface area (Å²) in [4.78, 5) is -3.36. The Morgan fingerprint density at radius 3 is 1.62 bits per heavy atom. The highest BCUT2D eigenvalue weighted by molar-refractivity contribution is 7.91. The molecule has 0 radical (unpaired) electrons. The minimum atomic E-state index is -5.36. The van der Waals surface area contributed by atoms with Gasteiger partial charge in [-0.05, 0) is 53.9 Å². The Morgan fingerprint density at radius 2 is 1.12 bits per heavy atom. The third-order valence-electron chi connectivity index (χ3n) is 7.25. The van der Waals surface area contributed by atoms with Gasteiger partial charge in [-0.15, -0.1) is 15.3 Å². The fourth-order valence-electron chi connectivity index (χ4n) is 4.73. The molecule has 0 heterocycles. The molecule has 0 fully saturated rings. The Labute approximate surface area is 329 Å². The van der Waals surface area contributed by atoms with E-state index in [1.54, 1.807) is 0 Å². The van der Waals surface area contributed by atoms with Crippen molar-refractivity contribution in [2.75, 3.05) is 37.6 Å². The molecule has 316 valence electrons. The summed E-state index contributed by atoms with van der Waals surface area (Å²) in [5, 5.41) is 25.0. The molecule has 7 N–H and O–H groups in total. The van der Waals surface area contributed by atoms with Crippen molar-refractivity contribution in [1.82, 2.24) is 0 Å². The quantitative estimate of drug-likeness (QED) is 0.0503. The van der Waals surface area contributed by atoms with Crippen LogP contribution in [0.4, 0.5) is 28.4 Å². The first-order valence-corrected chi connectivity index (χ1v) is 23.8.